The van der Waals surface area contributed by atoms with Gasteiger partial charge in [-0.05, 0) is 28.1 Å². The largest absolute Gasteiger partial charge is 0.494 e. The summed E-state index contributed by atoms with van der Waals surface area (Å²) in [5.74, 6) is -0.160. The van der Waals surface area contributed by atoms with Crippen molar-refractivity contribution in [1.29, 1.82) is 0 Å². The lowest BCUT2D eigenvalue weighted by Gasteiger charge is -2.06. The predicted octanol–water partition coefficient (Wildman–Crippen LogP) is 2.81. The summed E-state index contributed by atoms with van der Waals surface area (Å²) in [6, 6.07) is 9.55. The summed E-state index contributed by atoms with van der Waals surface area (Å²) in [5.41, 5.74) is 0.170. The van der Waals surface area contributed by atoms with Crippen molar-refractivity contribution in [3.05, 3.63) is 46.7 Å². The Hall–Kier alpha value is -1.82. The van der Waals surface area contributed by atoms with Gasteiger partial charge in [0, 0.05) is 13.0 Å². The average Bonchev–Trinajstić information content (AvgIpc) is 2.77. The summed E-state index contributed by atoms with van der Waals surface area (Å²) in [7, 11) is 0. The van der Waals surface area contributed by atoms with Gasteiger partial charge >= 0.3 is 5.97 Å². The van der Waals surface area contributed by atoms with Gasteiger partial charge < -0.3 is 9.84 Å². The minimum atomic E-state index is -0.987. The highest BCUT2D eigenvalue weighted by molar-refractivity contribution is 9.10. The van der Waals surface area contributed by atoms with E-state index in [0.29, 0.717) is 17.8 Å². The molecule has 0 bridgehead atoms. The number of hydrogen-bond donors (Lipinski definition) is 1. The van der Waals surface area contributed by atoms with E-state index in [1.807, 2.05) is 30.3 Å². The molecule has 0 spiro atoms. The lowest BCUT2D eigenvalue weighted by Crippen LogP contribution is -2.06. The van der Waals surface area contributed by atoms with Crippen LogP contribution in [0.15, 0.2) is 41.1 Å². The highest BCUT2D eigenvalue weighted by atomic mass is 79.9. The van der Waals surface area contributed by atoms with Crippen molar-refractivity contribution in [2.45, 2.75) is 13.0 Å². The Bertz CT molecular complexity index is 554. The molecule has 0 aliphatic rings. The quantitative estimate of drug-likeness (QED) is 0.830. The Kier molecular flexibility index (Phi) is 4.57. The molecule has 0 atom stereocenters. The van der Waals surface area contributed by atoms with E-state index >= 15 is 0 Å². The van der Waals surface area contributed by atoms with Crippen molar-refractivity contribution >= 4 is 21.9 Å². The molecule has 1 N–H and O–H groups in total. The summed E-state index contributed by atoms with van der Waals surface area (Å²) in [5, 5.41) is 12.9. The topological polar surface area (TPSA) is 64.3 Å². The number of nitrogens with zero attached hydrogens (tertiary/aromatic N) is 2. The molecule has 0 saturated heterocycles. The Morgan fingerprint density at radius 2 is 2.11 bits per heavy atom. The van der Waals surface area contributed by atoms with Gasteiger partial charge in [-0.25, -0.2) is 4.79 Å². The van der Waals surface area contributed by atoms with Crippen LogP contribution in [0.5, 0.6) is 5.75 Å². The molecule has 100 valence electrons. The van der Waals surface area contributed by atoms with E-state index in [1.54, 1.807) is 4.68 Å². The normalized spacial score (nSPS) is 10.4. The van der Waals surface area contributed by atoms with Crippen molar-refractivity contribution in [3.8, 4) is 5.75 Å². The van der Waals surface area contributed by atoms with E-state index < -0.39 is 5.97 Å². The monoisotopic (exact) mass is 324 g/mol. The third kappa shape index (κ3) is 3.57. The highest BCUT2D eigenvalue weighted by Crippen LogP contribution is 2.16. The van der Waals surface area contributed by atoms with E-state index in [-0.39, 0.29) is 5.56 Å². The maximum Gasteiger partial charge on any atom is 0.340 e. The van der Waals surface area contributed by atoms with E-state index in [4.69, 9.17) is 9.84 Å². The van der Waals surface area contributed by atoms with Crippen LogP contribution >= 0.6 is 15.9 Å². The van der Waals surface area contributed by atoms with Crippen LogP contribution in [-0.4, -0.2) is 27.5 Å². The van der Waals surface area contributed by atoms with Gasteiger partial charge in [0.25, 0.3) is 0 Å². The molecular formula is C13H13BrN2O3. The summed E-state index contributed by atoms with van der Waals surface area (Å²) >= 11 is 3.23. The van der Waals surface area contributed by atoms with Crippen LogP contribution in [0.2, 0.25) is 0 Å². The standard InChI is InChI=1S/C13H13BrN2O3/c14-12-11(13(17)18)9-15-16(12)7-4-8-19-10-5-2-1-3-6-10/h1-3,5-6,9H,4,7-8H2,(H,17,18). The Morgan fingerprint density at radius 1 is 1.37 bits per heavy atom. The number of carbonyl (C=O) groups is 1. The molecule has 1 aromatic heterocycles. The van der Waals surface area contributed by atoms with Gasteiger partial charge in [0.05, 0.1) is 12.8 Å². The molecular weight excluding hydrogens is 312 g/mol. The number of aryl methyl sites for hydroxylation is 1. The van der Waals surface area contributed by atoms with Crippen molar-refractivity contribution in [3.63, 3.8) is 0 Å². The maximum absolute atomic E-state index is 10.8. The number of aromatic carboxylic acids is 1. The number of para-hydroxylation sites is 1. The van der Waals surface area contributed by atoms with Crippen LogP contribution in [0, 0.1) is 0 Å². The zero-order chi connectivity index (χ0) is 13.7. The molecule has 0 unspecified atom stereocenters. The Labute approximate surface area is 118 Å². The molecule has 1 aromatic carbocycles. The predicted molar refractivity (Wildman–Crippen MR) is 73.4 cm³/mol. The van der Waals surface area contributed by atoms with Crippen LogP contribution in [0.25, 0.3) is 0 Å². The Balaban J connectivity index is 1.82. The smallest absolute Gasteiger partial charge is 0.340 e. The van der Waals surface area contributed by atoms with Crippen LogP contribution in [0.3, 0.4) is 0 Å². The molecule has 0 saturated carbocycles. The molecule has 19 heavy (non-hydrogen) atoms. The highest BCUT2D eigenvalue weighted by Gasteiger charge is 2.13. The number of carboxylic acids is 1. The number of hydrogen-bond acceptors (Lipinski definition) is 3. The van der Waals surface area contributed by atoms with E-state index in [2.05, 4.69) is 21.0 Å². The fraction of sp³-hybridized carbons (Fsp3) is 0.231. The van der Waals surface area contributed by atoms with Gasteiger partial charge in [-0.1, -0.05) is 18.2 Å². The van der Waals surface area contributed by atoms with E-state index in [1.165, 1.54) is 6.20 Å². The molecule has 0 fully saturated rings. The second-order valence-electron chi connectivity index (χ2n) is 3.89. The Morgan fingerprint density at radius 3 is 2.74 bits per heavy atom. The number of carboxylic acid groups (broad SMARTS) is 1. The van der Waals surface area contributed by atoms with Gasteiger partial charge in [-0.3, -0.25) is 4.68 Å². The van der Waals surface area contributed by atoms with Gasteiger partial charge in [-0.15, -0.1) is 0 Å². The lowest BCUT2D eigenvalue weighted by molar-refractivity contribution is 0.0695. The summed E-state index contributed by atoms with van der Waals surface area (Å²) < 4.78 is 7.64. The zero-order valence-electron chi connectivity index (χ0n) is 10.1. The molecule has 6 heteroatoms. The van der Waals surface area contributed by atoms with Crippen LogP contribution in [-0.2, 0) is 6.54 Å². The van der Waals surface area contributed by atoms with Crippen LogP contribution in [0.4, 0.5) is 0 Å². The molecule has 0 amide bonds. The van der Waals surface area contributed by atoms with Crippen LogP contribution in [0.1, 0.15) is 16.8 Å². The van der Waals surface area contributed by atoms with Gasteiger partial charge in [0.2, 0.25) is 0 Å². The first kappa shape index (κ1) is 13.6. The third-order valence-electron chi connectivity index (χ3n) is 2.53. The first-order chi connectivity index (χ1) is 9.18. The fourth-order valence-electron chi connectivity index (χ4n) is 1.59. The van der Waals surface area contributed by atoms with Crippen LogP contribution < -0.4 is 4.74 Å². The number of aromatic nitrogens is 2. The van der Waals surface area contributed by atoms with Crippen molar-refractivity contribution in [1.82, 2.24) is 9.78 Å². The molecule has 0 radical (unpaired) electrons. The third-order valence-corrected chi connectivity index (χ3v) is 3.37. The first-order valence-electron chi connectivity index (χ1n) is 5.81. The number of rotatable bonds is 6. The van der Waals surface area contributed by atoms with Crippen molar-refractivity contribution in [2.24, 2.45) is 0 Å². The van der Waals surface area contributed by atoms with E-state index in [9.17, 15) is 4.79 Å². The van der Waals surface area contributed by atoms with Crippen molar-refractivity contribution in [2.75, 3.05) is 6.61 Å². The minimum absolute atomic E-state index is 0.170. The van der Waals surface area contributed by atoms with Gasteiger partial charge in [-0.2, -0.15) is 5.10 Å². The minimum Gasteiger partial charge on any atom is -0.494 e. The second kappa shape index (κ2) is 6.38. The average molecular weight is 325 g/mol. The SMILES string of the molecule is O=C(O)c1cnn(CCCOc2ccccc2)c1Br. The summed E-state index contributed by atoms with van der Waals surface area (Å²) in [4.78, 5) is 10.8. The lowest BCUT2D eigenvalue weighted by atomic mass is 10.3. The molecule has 2 aromatic rings. The summed E-state index contributed by atoms with van der Waals surface area (Å²) in [6.45, 7) is 1.15. The summed E-state index contributed by atoms with van der Waals surface area (Å²) in [6.07, 6.45) is 2.08. The molecule has 0 aliphatic carbocycles. The van der Waals surface area contributed by atoms with E-state index in [0.717, 1.165) is 12.2 Å². The maximum atomic E-state index is 10.8. The first-order valence-corrected chi connectivity index (χ1v) is 6.60. The molecule has 5 nitrogen and oxygen atoms in total. The molecule has 2 rings (SSSR count). The van der Waals surface area contributed by atoms with Crippen molar-refractivity contribution < 1.29 is 14.6 Å². The van der Waals surface area contributed by atoms with Gasteiger partial charge in [0.15, 0.2) is 0 Å². The molecule has 1 heterocycles. The zero-order valence-corrected chi connectivity index (χ0v) is 11.7. The number of ether oxygens (including phenoxy) is 1. The number of benzene rings is 1. The molecule has 0 aliphatic heterocycles. The second-order valence-corrected chi connectivity index (χ2v) is 4.64. The number of halogens is 1. The fourth-order valence-corrected chi connectivity index (χ4v) is 2.13. The van der Waals surface area contributed by atoms with Gasteiger partial charge in [0.1, 0.15) is 15.9 Å².